The fourth-order valence-electron chi connectivity index (χ4n) is 1.90. The predicted molar refractivity (Wildman–Crippen MR) is 112 cm³/mol. The quantitative estimate of drug-likeness (QED) is 0.345. The Bertz CT molecular complexity index is 633. The summed E-state index contributed by atoms with van der Waals surface area (Å²) in [6.45, 7) is 4.27. The summed E-state index contributed by atoms with van der Waals surface area (Å²) in [6.07, 6.45) is 0. The summed E-state index contributed by atoms with van der Waals surface area (Å²) in [5.41, 5.74) is 1.12. The van der Waals surface area contributed by atoms with Crippen LogP contribution in [0.5, 0.6) is 5.75 Å². The van der Waals surface area contributed by atoms with Gasteiger partial charge in [0.1, 0.15) is 5.75 Å². The van der Waals surface area contributed by atoms with Crippen molar-refractivity contribution in [3.05, 3.63) is 50.6 Å². The van der Waals surface area contributed by atoms with Crippen molar-refractivity contribution in [3.8, 4) is 5.75 Å². The lowest BCUT2D eigenvalue weighted by atomic mass is 10.2. The average Bonchev–Trinajstić information content (AvgIpc) is 2.96. The molecule has 0 amide bonds. The second-order valence-corrected chi connectivity index (χ2v) is 6.54. The number of nitrogens with one attached hydrogen (secondary N) is 2. The topological polar surface area (TPSA) is 45.7 Å². The van der Waals surface area contributed by atoms with Crippen LogP contribution in [0.4, 0.5) is 0 Å². The summed E-state index contributed by atoms with van der Waals surface area (Å²) < 4.78 is 6.35. The molecule has 0 aliphatic heterocycles. The van der Waals surface area contributed by atoms with Crippen LogP contribution in [0, 0.1) is 0 Å². The van der Waals surface area contributed by atoms with Crippen molar-refractivity contribution in [2.24, 2.45) is 4.99 Å². The maximum atomic E-state index is 5.23. The molecule has 0 radical (unpaired) electrons. The number of methoxy groups -OCH3 is 1. The first-order valence-corrected chi connectivity index (χ1v) is 8.76. The van der Waals surface area contributed by atoms with Crippen LogP contribution in [-0.4, -0.2) is 19.6 Å². The molecule has 0 unspecified atom stereocenters. The highest BCUT2D eigenvalue weighted by atomic mass is 127. The van der Waals surface area contributed by atoms with Gasteiger partial charge in [-0.2, -0.15) is 0 Å². The fraction of sp³-hybridized carbons (Fsp3) is 0.312. The first-order valence-electron chi connectivity index (χ1n) is 7.09. The van der Waals surface area contributed by atoms with Gasteiger partial charge >= 0.3 is 0 Å². The Morgan fingerprint density at radius 1 is 1.30 bits per heavy atom. The molecule has 0 fully saturated rings. The molecule has 2 N–H and O–H groups in total. The zero-order valence-corrected chi connectivity index (χ0v) is 17.9. The van der Waals surface area contributed by atoms with Gasteiger partial charge in [0.2, 0.25) is 0 Å². The number of aliphatic imine (C=N–C) groups is 1. The third-order valence-corrected chi connectivity index (χ3v) is 4.65. The minimum absolute atomic E-state index is 0. The van der Waals surface area contributed by atoms with E-state index in [1.165, 1.54) is 4.88 Å². The van der Waals surface area contributed by atoms with Gasteiger partial charge in [0, 0.05) is 21.3 Å². The van der Waals surface area contributed by atoms with E-state index >= 15 is 0 Å². The molecule has 0 atom stereocenters. The number of nitrogens with zero attached hydrogens (tertiary/aromatic N) is 1. The summed E-state index contributed by atoms with van der Waals surface area (Å²) in [6, 6.07) is 10.1. The zero-order chi connectivity index (χ0) is 15.8. The van der Waals surface area contributed by atoms with Crippen molar-refractivity contribution in [2.45, 2.75) is 20.0 Å². The molecule has 0 saturated heterocycles. The standard InChI is InChI=1S/C16H20BrN3OS.HI/c1-3-18-16(20-10-15-8-13(17)11-22-15)19-9-12-5-4-6-14(7-12)21-2;/h4-8,11H,3,9-10H2,1-2H3,(H2,18,19,20);1H. The lowest BCUT2D eigenvalue weighted by Crippen LogP contribution is -2.36. The second-order valence-electron chi connectivity index (χ2n) is 4.63. The van der Waals surface area contributed by atoms with E-state index in [1.54, 1.807) is 18.4 Å². The Balaban J connectivity index is 0.00000264. The number of rotatable bonds is 6. The maximum Gasteiger partial charge on any atom is 0.191 e. The van der Waals surface area contributed by atoms with Crippen molar-refractivity contribution >= 4 is 57.2 Å². The fourth-order valence-corrected chi connectivity index (χ4v) is 3.29. The molecule has 0 spiro atoms. The molecule has 7 heteroatoms. The van der Waals surface area contributed by atoms with Crippen LogP contribution < -0.4 is 15.4 Å². The summed E-state index contributed by atoms with van der Waals surface area (Å²) in [4.78, 5) is 5.88. The van der Waals surface area contributed by atoms with E-state index in [2.05, 4.69) is 49.9 Å². The van der Waals surface area contributed by atoms with Gasteiger partial charge in [0.15, 0.2) is 5.96 Å². The number of benzene rings is 1. The van der Waals surface area contributed by atoms with Gasteiger partial charge in [-0.15, -0.1) is 35.3 Å². The van der Waals surface area contributed by atoms with Crippen molar-refractivity contribution in [2.75, 3.05) is 13.7 Å². The molecular formula is C16H21BrIN3OS. The number of ether oxygens (including phenoxy) is 1. The molecule has 0 bridgehead atoms. The molecule has 1 aromatic carbocycles. The van der Waals surface area contributed by atoms with E-state index < -0.39 is 0 Å². The Morgan fingerprint density at radius 2 is 2.13 bits per heavy atom. The SMILES string of the molecule is CCNC(=NCc1cccc(OC)c1)NCc1cc(Br)cs1.I. The molecule has 2 rings (SSSR count). The number of hydrogen-bond acceptors (Lipinski definition) is 3. The van der Waals surface area contributed by atoms with Crippen molar-refractivity contribution < 1.29 is 4.74 Å². The van der Waals surface area contributed by atoms with Crippen LogP contribution in [-0.2, 0) is 13.1 Å². The number of hydrogen-bond donors (Lipinski definition) is 2. The Morgan fingerprint density at radius 3 is 2.78 bits per heavy atom. The summed E-state index contributed by atoms with van der Waals surface area (Å²) in [5, 5.41) is 8.69. The highest BCUT2D eigenvalue weighted by molar-refractivity contribution is 14.0. The van der Waals surface area contributed by atoms with E-state index in [9.17, 15) is 0 Å². The van der Waals surface area contributed by atoms with Crippen LogP contribution in [0.2, 0.25) is 0 Å². The average molecular weight is 510 g/mol. The first-order chi connectivity index (χ1) is 10.7. The van der Waals surface area contributed by atoms with E-state index in [0.717, 1.165) is 34.8 Å². The van der Waals surface area contributed by atoms with Crippen molar-refractivity contribution in [3.63, 3.8) is 0 Å². The van der Waals surface area contributed by atoms with Gasteiger partial charge in [0.05, 0.1) is 20.2 Å². The largest absolute Gasteiger partial charge is 0.497 e. The maximum absolute atomic E-state index is 5.23. The molecule has 1 aromatic heterocycles. The number of halogens is 2. The third kappa shape index (κ3) is 7.09. The zero-order valence-electron chi connectivity index (χ0n) is 13.1. The molecule has 23 heavy (non-hydrogen) atoms. The molecule has 1 heterocycles. The normalized spacial score (nSPS) is 10.8. The van der Waals surface area contributed by atoms with Crippen LogP contribution >= 0.6 is 51.2 Å². The summed E-state index contributed by atoms with van der Waals surface area (Å²) >= 11 is 5.19. The minimum Gasteiger partial charge on any atom is -0.497 e. The molecule has 0 aliphatic rings. The summed E-state index contributed by atoms with van der Waals surface area (Å²) in [5.74, 6) is 1.67. The first kappa shape index (κ1) is 20.2. The molecule has 0 aliphatic carbocycles. The number of guanidine groups is 1. The third-order valence-electron chi connectivity index (χ3n) is 2.95. The predicted octanol–water partition coefficient (Wildman–Crippen LogP) is 4.39. The molecule has 4 nitrogen and oxygen atoms in total. The van der Waals surface area contributed by atoms with Gasteiger partial charge in [-0.25, -0.2) is 4.99 Å². The molecule has 126 valence electrons. The Labute approximate surface area is 166 Å². The van der Waals surface area contributed by atoms with Gasteiger partial charge in [0.25, 0.3) is 0 Å². The summed E-state index contributed by atoms with van der Waals surface area (Å²) in [7, 11) is 1.67. The molecular weight excluding hydrogens is 489 g/mol. The monoisotopic (exact) mass is 509 g/mol. The number of thiophene rings is 1. The van der Waals surface area contributed by atoms with Gasteiger partial charge in [-0.3, -0.25) is 0 Å². The van der Waals surface area contributed by atoms with Gasteiger partial charge in [-0.05, 0) is 46.6 Å². The lowest BCUT2D eigenvalue weighted by molar-refractivity contribution is 0.414. The van der Waals surface area contributed by atoms with Crippen LogP contribution in [0.25, 0.3) is 0 Å². The lowest BCUT2D eigenvalue weighted by Gasteiger charge is -2.10. The smallest absolute Gasteiger partial charge is 0.191 e. The van der Waals surface area contributed by atoms with Gasteiger partial charge < -0.3 is 15.4 Å². The van der Waals surface area contributed by atoms with E-state index in [-0.39, 0.29) is 24.0 Å². The second kappa shape index (κ2) is 10.9. The highest BCUT2D eigenvalue weighted by Crippen LogP contribution is 2.19. The van der Waals surface area contributed by atoms with Crippen molar-refractivity contribution in [1.82, 2.24) is 10.6 Å². The minimum atomic E-state index is 0. The van der Waals surface area contributed by atoms with Gasteiger partial charge in [-0.1, -0.05) is 12.1 Å². The molecule has 0 saturated carbocycles. The van der Waals surface area contributed by atoms with Crippen LogP contribution in [0.15, 0.2) is 45.2 Å². The molecule has 2 aromatic rings. The van der Waals surface area contributed by atoms with Crippen molar-refractivity contribution in [1.29, 1.82) is 0 Å². The van der Waals surface area contributed by atoms with E-state index in [1.807, 2.05) is 24.3 Å². The highest BCUT2D eigenvalue weighted by Gasteiger charge is 2.01. The van der Waals surface area contributed by atoms with Crippen LogP contribution in [0.3, 0.4) is 0 Å². The Kier molecular flexibility index (Phi) is 9.57. The van der Waals surface area contributed by atoms with E-state index in [4.69, 9.17) is 4.74 Å². The van der Waals surface area contributed by atoms with Crippen LogP contribution in [0.1, 0.15) is 17.4 Å². The Hall–Kier alpha value is -0.800. The van der Waals surface area contributed by atoms with E-state index in [0.29, 0.717) is 6.54 Å².